The van der Waals surface area contributed by atoms with Crippen molar-refractivity contribution in [2.45, 2.75) is 12.5 Å². The summed E-state index contributed by atoms with van der Waals surface area (Å²) >= 11 is 0. The lowest BCUT2D eigenvalue weighted by atomic mass is 10.1. The van der Waals surface area contributed by atoms with Gasteiger partial charge in [0, 0.05) is 43.5 Å². The van der Waals surface area contributed by atoms with E-state index in [1.54, 1.807) is 20.4 Å². The second-order valence-corrected chi connectivity index (χ2v) is 9.32. The van der Waals surface area contributed by atoms with E-state index < -0.39 is 6.10 Å². The molecule has 0 saturated carbocycles. The molecule has 5 rings (SSSR count). The van der Waals surface area contributed by atoms with Gasteiger partial charge in [-0.3, -0.25) is 4.90 Å². The summed E-state index contributed by atoms with van der Waals surface area (Å²) in [6, 6.07) is 17.9. The van der Waals surface area contributed by atoms with Crippen LogP contribution in [0.2, 0.25) is 0 Å². The number of para-hydroxylation sites is 1. The highest BCUT2D eigenvalue weighted by atomic mass is 16.5. The summed E-state index contributed by atoms with van der Waals surface area (Å²) in [4.78, 5) is 9.02. The number of nitrogens with zero attached hydrogens (tertiary/aromatic N) is 5. The summed E-state index contributed by atoms with van der Waals surface area (Å²) in [5, 5.41) is 27.0. The number of β-amino-alcohol motifs (C(OH)–C–C–N with tert-alkyl or cyclic N) is 1. The number of aliphatic hydroxyl groups is 2. The Balaban J connectivity index is 1.35. The number of anilines is 3. The Morgan fingerprint density at radius 3 is 2.63 bits per heavy atom. The number of fused-ring (bicyclic) bond motifs is 1. The van der Waals surface area contributed by atoms with Gasteiger partial charge in [0.05, 0.1) is 50.0 Å². The zero-order valence-electron chi connectivity index (χ0n) is 21.7. The number of rotatable bonds is 9. The van der Waals surface area contributed by atoms with Gasteiger partial charge in [-0.1, -0.05) is 12.1 Å². The van der Waals surface area contributed by atoms with Crippen molar-refractivity contribution in [1.29, 1.82) is 0 Å². The Bertz CT molecular complexity index is 1380. The molecule has 0 spiro atoms. The molecule has 10 heteroatoms. The van der Waals surface area contributed by atoms with E-state index in [2.05, 4.69) is 26.2 Å². The molecule has 1 aliphatic heterocycles. The lowest BCUT2D eigenvalue weighted by Gasteiger charge is -2.25. The molecule has 4 aromatic rings. The fraction of sp³-hybridized carbons (Fsp3) is 0.357. The van der Waals surface area contributed by atoms with Crippen LogP contribution in [0.4, 0.5) is 17.3 Å². The van der Waals surface area contributed by atoms with E-state index in [0.29, 0.717) is 18.2 Å². The van der Waals surface area contributed by atoms with Crippen LogP contribution in [-0.4, -0.2) is 89.4 Å². The molecular formula is C28H34N6O4. The predicted molar refractivity (Wildman–Crippen MR) is 148 cm³/mol. The smallest absolute Gasteiger partial charge is 0.245 e. The number of aromatic nitrogens is 3. The van der Waals surface area contributed by atoms with E-state index >= 15 is 0 Å². The Labute approximate surface area is 222 Å². The highest BCUT2D eigenvalue weighted by Gasteiger charge is 2.19. The molecule has 1 fully saturated rings. The van der Waals surface area contributed by atoms with Crippen LogP contribution in [0.3, 0.4) is 0 Å². The zero-order chi connectivity index (χ0) is 26.5. The standard InChI is InChI=1S/C28H34N6O4/c1-37-26-7-4-3-6-23(26)25-11-9-21-17-29-28(31-34(21)25)30-24-10-8-20(16-27(24)38-2)33-13-5-12-32(14-15-33)18-22(36)19-35/h3-4,6-11,16-17,22,35-36H,5,12-15,18-19H2,1-2H3,(H,30,31). The molecule has 2 aromatic heterocycles. The van der Waals surface area contributed by atoms with Crippen molar-refractivity contribution in [1.82, 2.24) is 19.5 Å². The quantitative estimate of drug-likeness (QED) is 0.308. The fourth-order valence-corrected chi connectivity index (χ4v) is 4.89. The number of benzene rings is 2. The van der Waals surface area contributed by atoms with Gasteiger partial charge in [-0.15, -0.1) is 5.10 Å². The van der Waals surface area contributed by atoms with Crippen molar-refractivity contribution < 1.29 is 19.7 Å². The third-order valence-corrected chi connectivity index (χ3v) is 6.85. The van der Waals surface area contributed by atoms with Gasteiger partial charge >= 0.3 is 0 Å². The normalized spacial score (nSPS) is 15.3. The van der Waals surface area contributed by atoms with Crippen molar-refractivity contribution in [3.8, 4) is 22.8 Å². The van der Waals surface area contributed by atoms with Gasteiger partial charge in [-0.25, -0.2) is 9.50 Å². The highest BCUT2D eigenvalue weighted by Crippen LogP contribution is 2.33. The van der Waals surface area contributed by atoms with Crippen molar-refractivity contribution in [3.05, 3.63) is 60.8 Å². The number of aliphatic hydroxyl groups excluding tert-OH is 2. The number of hydrogen-bond acceptors (Lipinski definition) is 9. The van der Waals surface area contributed by atoms with E-state index in [1.807, 2.05) is 53.0 Å². The van der Waals surface area contributed by atoms with Gasteiger partial charge < -0.3 is 29.9 Å². The van der Waals surface area contributed by atoms with Crippen LogP contribution in [0, 0.1) is 0 Å². The van der Waals surface area contributed by atoms with E-state index in [4.69, 9.17) is 19.7 Å². The molecule has 1 saturated heterocycles. The van der Waals surface area contributed by atoms with Crippen LogP contribution < -0.4 is 19.7 Å². The van der Waals surface area contributed by atoms with Crippen molar-refractivity contribution in [2.24, 2.45) is 0 Å². The Hall–Kier alpha value is -3.86. The zero-order valence-corrected chi connectivity index (χ0v) is 21.7. The first-order chi connectivity index (χ1) is 18.6. The molecule has 0 radical (unpaired) electrons. The summed E-state index contributed by atoms with van der Waals surface area (Å²) in [5.74, 6) is 1.92. The average molecular weight is 519 g/mol. The van der Waals surface area contributed by atoms with Crippen LogP contribution in [0.25, 0.3) is 16.8 Å². The maximum absolute atomic E-state index is 9.80. The summed E-state index contributed by atoms with van der Waals surface area (Å²) in [6.45, 7) is 3.71. The van der Waals surface area contributed by atoms with Crippen LogP contribution >= 0.6 is 0 Å². The lowest BCUT2D eigenvalue weighted by molar-refractivity contribution is 0.0612. The van der Waals surface area contributed by atoms with Gasteiger partial charge in [0.15, 0.2) is 0 Å². The first-order valence-corrected chi connectivity index (χ1v) is 12.8. The minimum absolute atomic E-state index is 0.214. The molecule has 38 heavy (non-hydrogen) atoms. The Morgan fingerprint density at radius 1 is 0.974 bits per heavy atom. The van der Waals surface area contributed by atoms with Crippen LogP contribution in [-0.2, 0) is 0 Å². The van der Waals surface area contributed by atoms with Crippen molar-refractivity contribution in [3.63, 3.8) is 0 Å². The molecule has 2 aromatic carbocycles. The molecule has 0 aliphatic carbocycles. The molecule has 1 unspecified atom stereocenters. The van der Waals surface area contributed by atoms with Gasteiger partial charge in [0.1, 0.15) is 11.5 Å². The monoisotopic (exact) mass is 518 g/mol. The number of ether oxygens (including phenoxy) is 2. The van der Waals surface area contributed by atoms with Crippen LogP contribution in [0.15, 0.2) is 60.8 Å². The summed E-state index contributed by atoms with van der Waals surface area (Å²) in [6.07, 6.45) is 2.05. The molecule has 0 amide bonds. The third-order valence-electron chi connectivity index (χ3n) is 6.85. The molecular weight excluding hydrogens is 484 g/mol. The summed E-state index contributed by atoms with van der Waals surface area (Å²) < 4.78 is 13.1. The molecule has 200 valence electrons. The van der Waals surface area contributed by atoms with E-state index in [0.717, 1.165) is 66.5 Å². The lowest BCUT2D eigenvalue weighted by Crippen LogP contribution is -2.37. The van der Waals surface area contributed by atoms with E-state index in [9.17, 15) is 5.11 Å². The number of hydrogen-bond donors (Lipinski definition) is 3. The first-order valence-electron chi connectivity index (χ1n) is 12.8. The molecule has 10 nitrogen and oxygen atoms in total. The van der Waals surface area contributed by atoms with Gasteiger partial charge in [0.25, 0.3) is 0 Å². The maximum Gasteiger partial charge on any atom is 0.245 e. The predicted octanol–water partition coefficient (Wildman–Crippen LogP) is 3.02. The second kappa shape index (κ2) is 11.7. The third kappa shape index (κ3) is 5.52. The SMILES string of the molecule is COc1cc(N2CCCN(CC(O)CO)CC2)ccc1Nc1ncc2ccc(-c3ccccc3OC)n2n1. The summed E-state index contributed by atoms with van der Waals surface area (Å²) in [7, 11) is 3.32. The molecule has 1 aliphatic rings. The van der Waals surface area contributed by atoms with Crippen molar-refractivity contribution >= 4 is 22.8 Å². The highest BCUT2D eigenvalue weighted by molar-refractivity contribution is 5.72. The first kappa shape index (κ1) is 25.8. The Kier molecular flexibility index (Phi) is 7.92. The number of methoxy groups -OCH3 is 2. The van der Waals surface area contributed by atoms with Gasteiger partial charge in [-0.05, 0) is 49.4 Å². The fourth-order valence-electron chi connectivity index (χ4n) is 4.89. The van der Waals surface area contributed by atoms with Crippen molar-refractivity contribution in [2.75, 3.05) is 63.8 Å². The maximum atomic E-state index is 9.80. The number of nitrogens with one attached hydrogen (secondary N) is 1. The molecule has 0 bridgehead atoms. The second-order valence-electron chi connectivity index (χ2n) is 9.32. The molecule has 1 atom stereocenters. The van der Waals surface area contributed by atoms with Crippen LogP contribution in [0.1, 0.15) is 6.42 Å². The van der Waals surface area contributed by atoms with Crippen LogP contribution in [0.5, 0.6) is 11.5 Å². The summed E-state index contributed by atoms with van der Waals surface area (Å²) in [5.41, 5.74) is 4.57. The van der Waals surface area contributed by atoms with E-state index in [1.165, 1.54) is 0 Å². The minimum atomic E-state index is -0.703. The average Bonchev–Trinajstić information content (AvgIpc) is 3.23. The van der Waals surface area contributed by atoms with Gasteiger partial charge in [0.2, 0.25) is 5.95 Å². The van der Waals surface area contributed by atoms with E-state index in [-0.39, 0.29) is 6.61 Å². The largest absolute Gasteiger partial charge is 0.496 e. The Morgan fingerprint density at radius 2 is 1.82 bits per heavy atom. The molecule has 3 heterocycles. The minimum Gasteiger partial charge on any atom is -0.496 e. The van der Waals surface area contributed by atoms with Gasteiger partial charge in [-0.2, -0.15) is 0 Å². The topological polar surface area (TPSA) is 108 Å². The molecule has 3 N–H and O–H groups in total.